The molecule has 0 bridgehead atoms. The van der Waals surface area contributed by atoms with Crippen LogP contribution in [-0.4, -0.2) is 24.4 Å². The lowest BCUT2D eigenvalue weighted by molar-refractivity contribution is -0.121. The Labute approximate surface area is 151 Å². The number of nitriles is 1. The second-order valence-corrected chi connectivity index (χ2v) is 5.56. The normalized spacial score (nSPS) is 11.7. The lowest BCUT2D eigenvalue weighted by Crippen LogP contribution is -2.36. The summed E-state index contributed by atoms with van der Waals surface area (Å²) in [6.07, 6.45) is 1.30. The zero-order chi connectivity index (χ0) is 18.2. The van der Waals surface area contributed by atoms with Gasteiger partial charge in [-0.1, -0.05) is 23.7 Å². The first kappa shape index (κ1) is 18.4. The number of nitrogens with one attached hydrogen (secondary N) is 1. The topological polar surface area (TPSA) is 82.3 Å². The second-order valence-electron chi connectivity index (χ2n) is 5.15. The average Bonchev–Trinajstić information content (AvgIpc) is 2.63. The van der Waals surface area contributed by atoms with E-state index in [2.05, 4.69) is 10.3 Å². The van der Waals surface area contributed by atoms with Crippen LogP contribution in [0.5, 0.6) is 0 Å². The van der Waals surface area contributed by atoms with Gasteiger partial charge < -0.3 is 5.32 Å². The number of nitrogens with zero attached hydrogens (tertiary/aromatic N) is 2. The third kappa shape index (κ3) is 4.75. The van der Waals surface area contributed by atoms with Crippen molar-refractivity contribution in [2.24, 2.45) is 10.9 Å². The van der Waals surface area contributed by atoms with Crippen molar-refractivity contribution < 1.29 is 9.59 Å². The van der Waals surface area contributed by atoms with Crippen molar-refractivity contribution in [3.05, 3.63) is 64.7 Å². The average molecular weight is 354 g/mol. The molecule has 25 heavy (non-hydrogen) atoms. The van der Waals surface area contributed by atoms with Gasteiger partial charge in [-0.2, -0.15) is 5.26 Å². The zero-order valence-corrected chi connectivity index (χ0v) is 14.3. The molecular weight excluding hydrogens is 338 g/mol. The first-order chi connectivity index (χ1) is 12.1. The van der Waals surface area contributed by atoms with Crippen LogP contribution in [0, 0.1) is 17.2 Å². The molecule has 0 saturated carbocycles. The molecule has 5 nitrogen and oxygen atoms in total. The molecule has 6 heteroatoms. The van der Waals surface area contributed by atoms with E-state index < -0.39 is 17.6 Å². The van der Waals surface area contributed by atoms with Crippen LogP contribution < -0.4 is 5.32 Å². The summed E-state index contributed by atoms with van der Waals surface area (Å²) >= 11 is 6.07. The minimum atomic E-state index is -1.09. The molecule has 1 atom stereocenters. The van der Waals surface area contributed by atoms with Crippen LogP contribution in [0.25, 0.3) is 0 Å². The first-order valence-electron chi connectivity index (χ1n) is 7.67. The summed E-state index contributed by atoms with van der Waals surface area (Å²) in [7, 11) is 0. The van der Waals surface area contributed by atoms with Crippen molar-refractivity contribution in [1.82, 2.24) is 5.32 Å². The number of amides is 1. The number of benzene rings is 2. The van der Waals surface area contributed by atoms with Crippen LogP contribution in [0.4, 0.5) is 5.69 Å². The molecule has 0 aliphatic heterocycles. The fourth-order valence-electron chi connectivity index (χ4n) is 2.15. The molecule has 0 aromatic heterocycles. The zero-order valence-electron chi connectivity index (χ0n) is 13.6. The predicted molar refractivity (Wildman–Crippen MR) is 97.3 cm³/mol. The molecular formula is C19H16ClN3O2. The summed E-state index contributed by atoms with van der Waals surface area (Å²) in [6, 6.07) is 15.1. The van der Waals surface area contributed by atoms with Crippen molar-refractivity contribution in [2.45, 2.75) is 6.92 Å². The van der Waals surface area contributed by atoms with E-state index in [9.17, 15) is 9.59 Å². The fraction of sp³-hybridized carbons (Fsp3) is 0.158. The first-order valence-corrected chi connectivity index (χ1v) is 8.05. The molecule has 0 spiro atoms. The number of carbonyl (C=O) groups is 2. The van der Waals surface area contributed by atoms with E-state index >= 15 is 0 Å². The Morgan fingerprint density at radius 2 is 1.92 bits per heavy atom. The number of ketones is 1. The van der Waals surface area contributed by atoms with Crippen molar-refractivity contribution in [3.8, 4) is 6.07 Å². The lowest BCUT2D eigenvalue weighted by atomic mass is 9.97. The van der Waals surface area contributed by atoms with Gasteiger partial charge >= 0.3 is 0 Å². The number of Topliss-reactive ketones (excluding diaryl/α,β-unsaturated/α-hetero) is 1. The highest BCUT2D eigenvalue weighted by molar-refractivity contribution is 6.35. The molecule has 0 aliphatic carbocycles. The monoisotopic (exact) mass is 353 g/mol. The van der Waals surface area contributed by atoms with Crippen molar-refractivity contribution in [1.29, 1.82) is 5.26 Å². The Morgan fingerprint density at radius 3 is 2.52 bits per heavy atom. The summed E-state index contributed by atoms with van der Waals surface area (Å²) in [6.45, 7) is 2.17. The number of aliphatic imine (C=N–C) groups is 1. The largest absolute Gasteiger partial charge is 0.355 e. The standard InChI is InChI=1S/C19H16ClN3O2/c1-2-22-19(25)16(18(24)15-5-3-4-6-17(15)20)12-23-14-9-7-13(11-21)8-10-14/h3-10,12,16H,2H2,1H3,(H,22,25). The number of rotatable bonds is 6. The number of hydrogen-bond donors (Lipinski definition) is 1. The Balaban J connectivity index is 2.31. The molecule has 1 N–H and O–H groups in total. The number of carbonyl (C=O) groups excluding carboxylic acids is 2. The van der Waals surface area contributed by atoms with Crippen molar-refractivity contribution >= 4 is 35.2 Å². The third-order valence-corrected chi connectivity index (χ3v) is 3.75. The molecule has 126 valence electrons. The minimum absolute atomic E-state index is 0.270. The van der Waals surface area contributed by atoms with Gasteiger partial charge in [0.25, 0.3) is 0 Å². The molecule has 0 fully saturated rings. The Morgan fingerprint density at radius 1 is 1.24 bits per heavy atom. The van der Waals surface area contributed by atoms with Gasteiger partial charge in [-0.05, 0) is 43.3 Å². The van der Waals surface area contributed by atoms with E-state index in [-0.39, 0.29) is 10.6 Å². The molecule has 0 radical (unpaired) electrons. The molecule has 0 heterocycles. The van der Waals surface area contributed by atoms with Gasteiger partial charge in [0.15, 0.2) is 5.78 Å². The maximum absolute atomic E-state index is 12.7. The van der Waals surface area contributed by atoms with Gasteiger partial charge in [0.05, 0.1) is 22.3 Å². The van der Waals surface area contributed by atoms with Gasteiger partial charge in [0.1, 0.15) is 5.92 Å². The van der Waals surface area contributed by atoms with Crippen LogP contribution in [-0.2, 0) is 4.79 Å². The molecule has 0 aliphatic rings. The van der Waals surface area contributed by atoms with E-state index in [1.807, 2.05) is 6.07 Å². The maximum Gasteiger partial charge on any atom is 0.236 e. The predicted octanol–water partition coefficient (Wildman–Crippen LogP) is 3.55. The van der Waals surface area contributed by atoms with E-state index in [4.69, 9.17) is 16.9 Å². The summed E-state index contributed by atoms with van der Waals surface area (Å²) < 4.78 is 0. The lowest BCUT2D eigenvalue weighted by Gasteiger charge is -2.12. The molecule has 2 aromatic rings. The molecule has 2 rings (SSSR count). The smallest absolute Gasteiger partial charge is 0.236 e. The van der Waals surface area contributed by atoms with Gasteiger partial charge in [-0.3, -0.25) is 14.6 Å². The SMILES string of the molecule is CCNC(=O)C(C=Nc1ccc(C#N)cc1)C(=O)c1ccccc1Cl. The highest BCUT2D eigenvalue weighted by atomic mass is 35.5. The van der Waals surface area contributed by atoms with Gasteiger partial charge in [-0.15, -0.1) is 0 Å². The van der Waals surface area contributed by atoms with Gasteiger partial charge in [0, 0.05) is 18.3 Å². The Kier molecular flexibility index (Phi) is 6.44. The number of hydrogen-bond acceptors (Lipinski definition) is 4. The Hall–Kier alpha value is -2.97. The molecule has 0 saturated heterocycles. The number of halogens is 1. The van der Waals surface area contributed by atoms with E-state index in [0.717, 1.165) is 0 Å². The summed E-state index contributed by atoms with van der Waals surface area (Å²) in [5.41, 5.74) is 1.32. The van der Waals surface area contributed by atoms with Crippen LogP contribution >= 0.6 is 11.6 Å². The third-order valence-electron chi connectivity index (χ3n) is 3.42. The van der Waals surface area contributed by atoms with Crippen LogP contribution in [0.3, 0.4) is 0 Å². The van der Waals surface area contributed by atoms with E-state index in [1.54, 1.807) is 55.5 Å². The molecule has 1 unspecified atom stereocenters. The fourth-order valence-corrected chi connectivity index (χ4v) is 2.38. The summed E-state index contributed by atoms with van der Waals surface area (Å²) in [5.74, 6) is -1.95. The molecule has 1 amide bonds. The van der Waals surface area contributed by atoms with E-state index in [1.165, 1.54) is 6.21 Å². The highest BCUT2D eigenvalue weighted by Gasteiger charge is 2.27. The molecule has 2 aromatic carbocycles. The van der Waals surface area contributed by atoms with Gasteiger partial charge in [0.2, 0.25) is 5.91 Å². The maximum atomic E-state index is 12.7. The van der Waals surface area contributed by atoms with Crippen molar-refractivity contribution in [2.75, 3.05) is 6.54 Å². The summed E-state index contributed by atoms with van der Waals surface area (Å²) in [5, 5.41) is 11.7. The Bertz CT molecular complexity index is 838. The quantitative estimate of drug-likeness (QED) is 0.489. The van der Waals surface area contributed by atoms with Crippen molar-refractivity contribution in [3.63, 3.8) is 0 Å². The summed E-state index contributed by atoms with van der Waals surface area (Å²) in [4.78, 5) is 29.2. The second kappa shape index (κ2) is 8.76. The van der Waals surface area contributed by atoms with Crippen LogP contribution in [0.1, 0.15) is 22.8 Å². The van der Waals surface area contributed by atoms with E-state index in [0.29, 0.717) is 17.8 Å². The minimum Gasteiger partial charge on any atom is -0.355 e. The van der Waals surface area contributed by atoms with Crippen LogP contribution in [0.15, 0.2) is 53.5 Å². The highest BCUT2D eigenvalue weighted by Crippen LogP contribution is 2.20. The van der Waals surface area contributed by atoms with Gasteiger partial charge in [-0.25, -0.2) is 0 Å². The van der Waals surface area contributed by atoms with Crippen LogP contribution in [0.2, 0.25) is 5.02 Å².